The topological polar surface area (TPSA) is 3.24 Å². The Morgan fingerprint density at radius 2 is 2.00 bits per heavy atom. The van der Waals surface area contributed by atoms with E-state index in [2.05, 4.69) is 17.9 Å². The third kappa shape index (κ3) is 4.60. The van der Waals surface area contributed by atoms with Crippen LogP contribution in [0.15, 0.2) is 30.3 Å². The van der Waals surface area contributed by atoms with Crippen LogP contribution in [0.5, 0.6) is 0 Å². The minimum absolute atomic E-state index is 0.564. The summed E-state index contributed by atoms with van der Waals surface area (Å²) in [6.45, 7) is 5.04. The van der Waals surface area contributed by atoms with Crippen molar-refractivity contribution in [2.45, 2.75) is 38.8 Å². The van der Waals surface area contributed by atoms with Gasteiger partial charge in [0.2, 0.25) is 0 Å². The highest BCUT2D eigenvalue weighted by molar-refractivity contribution is 5.67. The first kappa shape index (κ1) is 16.1. The molecule has 0 saturated carbocycles. The summed E-state index contributed by atoms with van der Waals surface area (Å²) in [6, 6.07) is 5.66. The predicted molar refractivity (Wildman–Crippen MR) is 80.0 cm³/mol. The number of rotatable bonds is 5. The second kappa shape index (κ2) is 7.12. The minimum Gasteiger partial charge on any atom is -0.299 e. The van der Waals surface area contributed by atoms with Crippen molar-refractivity contribution in [1.29, 1.82) is 0 Å². The van der Waals surface area contributed by atoms with Gasteiger partial charge in [0.1, 0.15) is 0 Å². The van der Waals surface area contributed by atoms with Crippen molar-refractivity contribution in [1.82, 2.24) is 4.90 Å². The zero-order chi connectivity index (χ0) is 15.3. The van der Waals surface area contributed by atoms with Crippen molar-refractivity contribution in [2.75, 3.05) is 19.6 Å². The molecule has 0 bridgehead atoms. The van der Waals surface area contributed by atoms with Gasteiger partial charge in [0.25, 0.3) is 0 Å². The maximum atomic E-state index is 12.7. The van der Waals surface area contributed by atoms with E-state index in [1.54, 1.807) is 6.07 Å². The van der Waals surface area contributed by atoms with Gasteiger partial charge in [0.05, 0.1) is 5.56 Å². The fourth-order valence-corrected chi connectivity index (χ4v) is 2.66. The summed E-state index contributed by atoms with van der Waals surface area (Å²) >= 11 is 0. The number of nitrogens with zero attached hydrogens (tertiary/aromatic N) is 1. The first-order valence-corrected chi connectivity index (χ1v) is 7.59. The highest BCUT2D eigenvalue weighted by Gasteiger charge is 2.30. The van der Waals surface area contributed by atoms with Crippen LogP contribution in [0.25, 0.3) is 5.57 Å². The van der Waals surface area contributed by atoms with Gasteiger partial charge in [-0.05, 0) is 42.7 Å². The Balaban J connectivity index is 2.00. The van der Waals surface area contributed by atoms with Gasteiger partial charge in [-0.1, -0.05) is 38.0 Å². The molecule has 0 atom stereocenters. The molecule has 0 unspecified atom stereocenters. The molecule has 1 aliphatic rings. The van der Waals surface area contributed by atoms with Crippen LogP contribution in [-0.4, -0.2) is 24.5 Å². The van der Waals surface area contributed by atoms with Gasteiger partial charge in [-0.2, -0.15) is 13.2 Å². The summed E-state index contributed by atoms with van der Waals surface area (Å²) in [5.74, 6) is 0. The Labute approximate surface area is 124 Å². The van der Waals surface area contributed by atoms with E-state index in [0.717, 1.165) is 37.7 Å². The summed E-state index contributed by atoms with van der Waals surface area (Å²) < 4.78 is 38.2. The van der Waals surface area contributed by atoms with E-state index < -0.39 is 11.7 Å². The van der Waals surface area contributed by atoms with Gasteiger partial charge < -0.3 is 0 Å². The first-order valence-electron chi connectivity index (χ1n) is 7.59. The van der Waals surface area contributed by atoms with E-state index in [1.807, 2.05) is 0 Å². The van der Waals surface area contributed by atoms with E-state index in [9.17, 15) is 13.2 Å². The molecule has 0 fully saturated rings. The summed E-state index contributed by atoms with van der Waals surface area (Å²) in [5.41, 5.74) is 1.18. The molecule has 2 rings (SSSR count). The van der Waals surface area contributed by atoms with Gasteiger partial charge in [-0.25, -0.2) is 0 Å². The SMILES string of the molecule is CCCCCN1CC=C(c2cccc(C(F)(F)F)c2)CC1. The maximum absolute atomic E-state index is 12.7. The van der Waals surface area contributed by atoms with Crippen LogP contribution >= 0.6 is 0 Å². The molecule has 1 heterocycles. The normalized spacial score (nSPS) is 16.9. The Morgan fingerprint density at radius 1 is 1.19 bits per heavy atom. The molecule has 0 aromatic heterocycles. The number of unbranched alkanes of at least 4 members (excludes halogenated alkanes) is 2. The number of hydrogen-bond donors (Lipinski definition) is 0. The summed E-state index contributed by atoms with van der Waals surface area (Å²) in [6.07, 6.45) is 2.28. The Bertz CT molecular complexity index is 491. The van der Waals surface area contributed by atoms with Crippen LogP contribution in [0.1, 0.15) is 43.7 Å². The van der Waals surface area contributed by atoms with Crippen molar-refractivity contribution >= 4 is 5.57 Å². The van der Waals surface area contributed by atoms with E-state index >= 15 is 0 Å². The molecule has 1 aliphatic heterocycles. The van der Waals surface area contributed by atoms with Crippen molar-refractivity contribution in [3.8, 4) is 0 Å². The van der Waals surface area contributed by atoms with Crippen molar-refractivity contribution in [3.63, 3.8) is 0 Å². The highest BCUT2D eigenvalue weighted by Crippen LogP contribution is 2.32. The zero-order valence-corrected chi connectivity index (χ0v) is 12.4. The van der Waals surface area contributed by atoms with Crippen LogP contribution in [-0.2, 0) is 6.18 Å². The lowest BCUT2D eigenvalue weighted by atomic mass is 9.97. The molecule has 0 radical (unpaired) electrons. The zero-order valence-electron chi connectivity index (χ0n) is 12.4. The third-order valence-corrected chi connectivity index (χ3v) is 3.93. The monoisotopic (exact) mass is 297 g/mol. The molecule has 1 aromatic rings. The number of alkyl halides is 3. The van der Waals surface area contributed by atoms with E-state index in [1.165, 1.54) is 31.4 Å². The average Bonchev–Trinajstić information content (AvgIpc) is 2.47. The molecule has 0 spiro atoms. The molecule has 116 valence electrons. The van der Waals surface area contributed by atoms with Gasteiger partial charge >= 0.3 is 6.18 Å². The third-order valence-electron chi connectivity index (χ3n) is 3.93. The quantitative estimate of drug-likeness (QED) is 0.692. The largest absolute Gasteiger partial charge is 0.416 e. The first-order chi connectivity index (χ1) is 10.0. The van der Waals surface area contributed by atoms with Crippen LogP contribution in [0.4, 0.5) is 13.2 Å². The highest BCUT2D eigenvalue weighted by atomic mass is 19.4. The van der Waals surface area contributed by atoms with Crippen molar-refractivity contribution in [2.24, 2.45) is 0 Å². The van der Waals surface area contributed by atoms with Gasteiger partial charge in [-0.15, -0.1) is 0 Å². The fourth-order valence-electron chi connectivity index (χ4n) is 2.66. The molecule has 4 heteroatoms. The maximum Gasteiger partial charge on any atom is 0.416 e. The summed E-state index contributed by atoms with van der Waals surface area (Å²) in [7, 11) is 0. The molecule has 1 aromatic carbocycles. The molecule has 0 aliphatic carbocycles. The van der Waals surface area contributed by atoms with E-state index in [4.69, 9.17) is 0 Å². The lowest BCUT2D eigenvalue weighted by Crippen LogP contribution is -2.29. The second-order valence-electron chi connectivity index (χ2n) is 5.57. The van der Waals surface area contributed by atoms with Gasteiger partial charge in [0, 0.05) is 13.1 Å². The molecule has 21 heavy (non-hydrogen) atoms. The number of halogens is 3. The molecular formula is C17H22F3N. The average molecular weight is 297 g/mol. The Morgan fingerprint density at radius 3 is 2.62 bits per heavy atom. The number of hydrogen-bond acceptors (Lipinski definition) is 1. The standard InChI is InChI=1S/C17H22F3N/c1-2-3-4-10-21-11-8-14(9-12-21)15-6-5-7-16(13-15)17(18,19)20/h5-8,13H,2-4,9-12H2,1H3. The van der Waals surface area contributed by atoms with E-state index in [0.29, 0.717) is 5.56 Å². The second-order valence-corrected chi connectivity index (χ2v) is 5.57. The van der Waals surface area contributed by atoms with Crippen LogP contribution in [0.2, 0.25) is 0 Å². The van der Waals surface area contributed by atoms with Crippen LogP contribution < -0.4 is 0 Å². The minimum atomic E-state index is -4.27. The molecular weight excluding hydrogens is 275 g/mol. The molecule has 0 saturated heterocycles. The lowest BCUT2D eigenvalue weighted by Gasteiger charge is -2.26. The predicted octanol–water partition coefficient (Wildman–Crippen LogP) is 4.98. The smallest absolute Gasteiger partial charge is 0.299 e. The van der Waals surface area contributed by atoms with Crippen molar-refractivity contribution in [3.05, 3.63) is 41.5 Å². The summed E-state index contributed by atoms with van der Waals surface area (Å²) in [4.78, 5) is 2.37. The van der Waals surface area contributed by atoms with Gasteiger partial charge in [-0.3, -0.25) is 4.90 Å². The Kier molecular flexibility index (Phi) is 5.45. The fraction of sp³-hybridized carbons (Fsp3) is 0.529. The lowest BCUT2D eigenvalue weighted by molar-refractivity contribution is -0.137. The Hall–Kier alpha value is -1.29. The number of benzene rings is 1. The summed E-state index contributed by atoms with van der Waals surface area (Å²) in [5, 5.41) is 0. The molecule has 1 nitrogen and oxygen atoms in total. The molecule has 0 N–H and O–H groups in total. The van der Waals surface area contributed by atoms with E-state index in [-0.39, 0.29) is 0 Å². The van der Waals surface area contributed by atoms with Crippen LogP contribution in [0, 0.1) is 0 Å². The molecule has 0 amide bonds. The van der Waals surface area contributed by atoms with Gasteiger partial charge in [0.15, 0.2) is 0 Å². The van der Waals surface area contributed by atoms with Crippen LogP contribution in [0.3, 0.4) is 0 Å². The van der Waals surface area contributed by atoms with Crippen molar-refractivity contribution < 1.29 is 13.2 Å².